The van der Waals surface area contributed by atoms with E-state index < -0.39 is 0 Å². The molecule has 3 N–H and O–H groups in total. The number of nitrogens with one attached hydrogen (secondary N) is 1. The highest BCUT2D eigenvalue weighted by Crippen LogP contribution is 2.25. The Kier molecular flexibility index (Phi) is 4.98. The van der Waals surface area contributed by atoms with Crippen LogP contribution in [0.4, 0.5) is 0 Å². The van der Waals surface area contributed by atoms with Crippen molar-refractivity contribution in [2.75, 3.05) is 26.2 Å². The highest BCUT2D eigenvalue weighted by Gasteiger charge is 2.30. The molecular weight excluding hydrogens is 322 g/mol. The topological polar surface area (TPSA) is 114 Å². The summed E-state index contributed by atoms with van der Waals surface area (Å²) in [4.78, 5) is 31.3. The van der Waals surface area contributed by atoms with E-state index in [1.807, 2.05) is 6.92 Å². The molecule has 1 aliphatic heterocycles. The van der Waals surface area contributed by atoms with Crippen molar-refractivity contribution in [3.8, 4) is 0 Å². The number of hydrogen-bond acceptors (Lipinski definition) is 6. The molecule has 1 unspecified atom stereocenters. The molecule has 0 radical (unpaired) electrons. The van der Waals surface area contributed by atoms with Crippen molar-refractivity contribution in [1.82, 2.24) is 20.4 Å². The van der Waals surface area contributed by atoms with Gasteiger partial charge in [0.15, 0.2) is 0 Å². The molecule has 2 amide bonds. The van der Waals surface area contributed by atoms with Crippen LogP contribution in [0.25, 0.3) is 11.1 Å². The van der Waals surface area contributed by atoms with Crippen LogP contribution >= 0.6 is 0 Å². The van der Waals surface area contributed by atoms with Gasteiger partial charge in [-0.05, 0) is 32.8 Å². The first-order valence-electron chi connectivity index (χ1n) is 8.52. The first-order chi connectivity index (χ1) is 12.0. The molecule has 8 heteroatoms. The van der Waals surface area contributed by atoms with Gasteiger partial charge in [0, 0.05) is 31.9 Å². The molecule has 0 aromatic carbocycles. The summed E-state index contributed by atoms with van der Waals surface area (Å²) in [7, 11) is 0. The van der Waals surface area contributed by atoms with Gasteiger partial charge in [0.05, 0.1) is 22.6 Å². The monoisotopic (exact) mass is 345 g/mol. The third-order valence-electron chi connectivity index (χ3n) is 4.50. The molecule has 0 aliphatic carbocycles. The van der Waals surface area contributed by atoms with Crippen LogP contribution in [-0.2, 0) is 4.79 Å². The number of amides is 2. The second-order valence-corrected chi connectivity index (χ2v) is 6.43. The lowest BCUT2D eigenvalue weighted by Gasteiger charge is -2.32. The molecule has 134 valence electrons. The van der Waals surface area contributed by atoms with Crippen molar-refractivity contribution in [2.24, 2.45) is 11.7 Å². The van der Waals surface area contributed by atoms with Crippen LogP contribution in [0, 0.1) is 19.8 Å². The number of pyridine rings is 1. The lowest BCUT2D eigenvalue weighted by molar-refractivity contribution is -0.126. The molecule has 0 spiro atoms. The summed E-state index contributed by atoms with van der Waals surface area (Å²) in [6.45, 7) is 5.50. The van der Waals surface area contributed by atoms with Crippen LogP contribution in [0.3, 0.4) is 0 Å². The van der Waals surface area contributed by atoms with Crippen molar-refractivity contribution < 1.29 is 14.1 Å². The zero-order chi connectivity index (χ0) is 18.0. The largest absolute Gasteiger partial charge is 0.355 e. The number of aromatic nitrogens is 2. The maximum Gasteiger partial charge on any atom is 0.258 e. The van der Waals surface area contributed by atoms with Gasteiger partial charge >= 0.3 is 0 Å². The molecule has 2 aromatic rings. The Morgan fingerprint density at radius 1 is 1.44 bits per heavy atom. The second-order valence-electron chi connectivity index (χ2n) is 6.43. The van der Waals surface area contributed by atoms with E-state index in [1.54, 1.807) is 17.9 Å². The van der Waals surface area contributed by atoms with E-state index in [-0.39, 0.29) is 17.7 Å². The molecule has 1 fully saturated rings. The molecule has 1 aliphatic rings. The van der Waals surface area contributed by atoms with Gasteiger partial charge in [-0.1, -0.05) is 5.16 Å². The minimum Gasteiger partial charge on any atom is -0.355 e. The molecule has 1 saturated heterocycles. The summed E-state index contributed by atoms with van der Waals surface area (Å²) in [6.07, 6.45) is 1.57. The van der Waals surface area contributed by atoms with Crippen molar-refractivity contribution in [3.05, 3.63) is 23.0 Å². The van der Waals surface area contributed by atoms with Gasteiger partial charge in [-0.15, -0.1) is 0 Å². The average Bonchev–Trinajstić information content (AvgIpc) is 2.99. The highest BCUT2D eigenvalue weighted by atomic mass is 16.5. The first-order valence-corrected chi connectivity index (χ1v) is 8.52. The number of nitrogens with zero attached hydrogens (tertiary/aromatic N) is 3. The van der Waals surface area contributed by atoms with Gasteiger partial charge in [-0.3, -0.25) is 9.59 Å². The zero-order valence-electron chi connectivity index (χ0n) is 14.5. The third kappa shape index (κ3) is 3.48. The Hall–Kier alpha value is -2.48. The third-order valence-corrected chi connectivity index (χ3v) is 4.50. The van der Waals surface area contributed by atoms with Crippen LogP contribution in [0.1, 0.15) is 34.6 Å². The van der Waals surface area contributed by atoms with Crippen molar-refractivity contribution >= 4 is 22.9 Å². The predicted octanol–water partition coefficient (Wildman–Crippen LogP) is 0.767. The average molecular weight is 345 g/mol. The fourth-order valence-corrected chi connectivity index (χ4v) is 3.27. The van der Waals surface area contributed by atoms with E-state index >= 15 is 0 Å². The van der Waals surface area contributed by atoms with Gasteiger partial charge in [0.2, 0.25) is 5.91 Å². The number of piperidine rings is 1. The summed E-state index contributed by atoms with van der Waals surface area (Å²) < 4.78 is 5.20. The normalized spacial score (nSPS) is 17.7. The van der Waals surface area contributed by atoms with E-state index in [1.165, 1.54) is 0 Å². The molecule has 3 heterocycles. The highest BCUT2D eigenvalue weighted by molar-refractivity contribution is 6.06. The maximum atomic E-state index is 13.1. The number of rotatable bonds is 4. The number of fused-ring (bicyclic) bond motifs is 1. The number of nitrogens with two attached hydrogens (primary N) is 1. The number of carbonyl (C=O) groups is 2. The van der Waals surface area contributed by atoms with E-state index in [9.17, 15) is 9.59 Å². The van der Waals surface area contributed by atoms with E-state index in [2.05, 4.69) is 15.5 Å². The van der Waals surface area contributed by atoms with Crippen molar-refractivity contribution in [2.45, 2.75) is 26.7 Å². The number of aryl methyl sites for hydroxylation is 2. The fourth-order valence-electron chi connectivity index (χ4n) is 3.27. The number of likely N-dealkylation sites (tertiary alicyclic amines) is 1. The van der Waals surface area contributed by atoms with Gasteiger partial charge in [-0.25, -0.2) is 4.98 Å². The van der Waals surface area contributed by atoms with Crippen LogP contribution in [0.5, 0.6) is 0 Å². The lowest BCUT2D eigenvalue weighted by Crippen LogP contribution is -2.46. The number of carbonyl (C=O) groups excluding carboxylic acids is 2. The lowest BCUT2D eigenvalue weighted by atomic mass is 9.96. The SMILES string of the molecule is Cc1cc(C(=O)N2CCCC(C(=O)NCCN)C2)c2c(C)noc2n1. The molecule has 1 atom stereocenters. The second kappa shape index (κ2) is 7.18. The Morgan fingerprint density at radius 2 is 2.24 bits per heavy atom. The summed E-state index contributed by atoms with van der Waals surface area (Å²) in [6, 6.07) is 1.76. The van der Waals surface area contributed by atoms with Gasteiger partial charge < -0.3 is 20.5 Å². The summed E-state index contributed by atoms with van der Waals surface area (Å²) >= 11 is 0. The molecule has 0 saturated carbocycles. The molecule has 2 aromatic heterocycles. The fraction of sp³-hybridized carbons (Fsp3) is 0.529. The quantitative estimate of drug-likeness (QED) is 0.846. The van der Waals surface area contributed by atoms with E-state index in [0.717, 1.165) is 12.8 Å². The van der Waals surface area contributed by atoms with E-state index in [0.29, 0.717) is 54.2 Å². The number of hydrogen-bond donors (Lipinski definition) is 2. The Balaban J connectivity index is 1.83. The summed E-state index contributed by atoms with van der Waals surface area (Å²) in [5.41, 5.74) is 7.67. The first kappa shape index (κ1) is 17.3. The molecule has 3 rings (SSSR count). The Bertz CT molecular complexity index is 801. The minimum absolute atomic E-state index is 0.0415. The van der Waals surface area contributed by atoms with Gasteiger partial charge in [0.1, 0.15) is 0 Å². The zero-order valence-corrected chi connectivity index (χ0v) is 14.5. The van der Waals surface area contributed by atoms with Crippen LogP contribution in [0.2, 0.25) is 0 Å². The van der Waals surface area contributed by atoms with Crippen molar-refractivity contribution in [3.63, 3.8) is 0 Å². The van der Waals surface area contributed by atoms with Crippen molar-refractivity contribution in [1.29, 1.82) is 0 Å². The summed E-state index contributed by atoms with van der Waals surface area (Å²) in [5, 5.41) is 7.37. The Morgan fingerprint density at radius 3 is 3.00 bits per heavy atom. The van der Waals surface area contributed by atoms with Crippen LogP contribution in [0.15, 0.2) is 10.6 Å². The molecule has 25 heavy (non-hydrogen) atoms. The van der Waals surface area contributed by atoms with Gasteiger partial charge in [0.25, 0.3) is 11.6 Å². The van der Waals surface area contributed by atoms with Crippen LogP contribution in [-0.4, -0.2) is 53.0 Å². The molecule has 0 bridgehead atoms. The molecular formula is C17H23N5O3. The maximum absolute atomic E-state index is 13.1. The Labute approximate surface area is 145 Å². The van der Waals surface area contributed by atoms with Gasteiger partial charge in [-0.2, -0.15) is 0 Å². The van der Waals surface area contributed by atoms with E-state index in [4.69, 9.17) is 10.3 Å². The summed E-state index contributed by atoms with van der Waals surface area (Å²) in [5.74, 6) is -0.357. The molecule has 8 nitrogen and oxygen atoms in total. The van der Waals surface area contributed by atoms with Crippen LogP contribution < -0.4 is 11.1 Å². The predicted molar refractivity (Wildman–Crippen MR) is 92.0 cm³/mol. The minimum atomic E-state index is -0.203. The standard InChI is InChI=1S/C17H23N5O3/c1-10-8-13(14-11(2)21-25-16(14)20-10)17(24)22-7-3-4-12(9-22)15(23)19-6-5-18/h8,12H,3-7,9,18H2,1-2H3,(H,19,23). The smallest absolute Gasteiger partial charge is 0.258 e.